The summed E-state index contributed by atoms with van der Waals surface area (Å²) in [7, 11) is 0. The fourth-order valence-electron chi connectivity index (χ4n) is 1.30. The summed E-state index contributed by atoms with van der Waals surface area (Å²) in [5, 5.41) is 2.58. The summed E-state index contributed by atoms with van der Waals surface area (Å²) in [4.78, 5) is 23.7. The maximum atomic E-state index is 11.2. The number of rotatable bonds is 1. The van der Waals surface area contributed by atoms with Crippen LogP contribution in [0.2, 0.25) is 0 Å². The topological polar surface area (TPSA) is 49.4 Å². The summed E-state index contributed by atoms with van der Waals surface area (Å²) >= 11 is 0. The molecule has 1 aliphatic carbocycles. The molecule has 1 saturated carbocycles. The molecule has 1 aliphatic heterocycles. The zero-order chi connectivity index (χ0) is 8.01. The first kappa shape index (κ1) is 6.64. The van der Waals surface area contributed by atoms with Crippen molar-refractivity contribution < 1.29 is 9.59 Å². The molecule has 0 bridgehead atoms. The van der Waals surface area contributed by atoms with Crippen molar-refractivity contribution in [3.05, 3.63) is 0 Å². The molecular formula is C7H10N2O2. The highest BCUT2D eigenvalue weighted by Gasteiger charge is 2.44. The molecule has 0 unspecified atom stereocenters. The number of nitrogens with zero attached hydrogens (tertiary/aromatic N) is 1. The molecule has 4 heteroatoms. The van der Waals surface area contributed by atoms with Gasteiger partial charge in [-0.15, -0.1) is 0 Å². The molecule has 1 heterocycles. The van der Waals surface area contributed by atoms with E-state index in [9.17, 15) is 9.59 Å². The van der Waals surface area contributed by atoms with E-state index >= 15 is 0 Å². The van der Waals surface area contributed by atoms with Gasteiger partial charge in [-0.3, -0.25) is 9.69 Å². The maximum Gasteiger partial charge on any atom is 0.325 e. The first-order valence-corrected chi connectivity index (χ1v) is 3.83. The highest BCUT2D eigenvalue weighted by atomic mass is 16.2. The normalized spacial score (nSPS) is 31.0. The molecule has 4 nitrogen and oxygen atoms in total. The molecule has 0 aromatic heterocycles. The second-order valence-electron chi connectivity index (χ2n) is 3.11. The molecule has 1 atom stereocenters. The molecule has 2 fully saturated rings. The third-order valence-corrected chi connectivity index (χ3v) is 2.08. The van der Waals surface area contributed by atoms with Crippen molar-refractivity contribution in [2.45, 2.75) is 31.8 Å². The molecule has 0 aromatic rings. The molecule has 11 heavy (non-hydrogen) atoms. The Hall–Kier alpha value is -1.06. The van der Waals surface area contributed by atoms with Crippen LogP contribution in [0.3, 0.4) is 0 Å². The summed E-state index contributed by atoms with van der Waals surface area (Å²) in [6.45, 7) is 1.71. The van der Waals surface area contributed by atoms with Crippen LogP contribution in [-0.2, 0) is 4.79 Å². The zero-order valence-electron chi connectivity index (χ0n) is 6.33. The predicted octanol–water partition coefficient (Wildman–Crippen LogP) is 0.0891. The van der Waals surface area contributed by atoms with Gasteiger partial charge in [-0.1, -0.05) is 0 Å². The van der Waals surface area contributed by atoms with Crippen LogP contribution in [0.4, 0.5) is 4.79 Å². The van der Waals surface area contributed by atoms with Crippen molar-refractivity contribution >= 4 is 11.9 Å². The first-order chi connectivity index (χ1) is 5.20. The van der Waals surface area contributed by atoms with E-state index < -0.39 is 0 Å². The van der Waals surface area contributed by atoms with Crippen molar-refractivity contribution in [1.29, 1.82) is 0 Å². The Morgan fingerprint density at radius 3 is 2.45 bits per heavy atom. The minimum atomic E-state index is -0.317. The highest BCUT2D eigenvalue weighted by Crippen LogP contribution is 2.29. The van der Waals surface area contributed by atoms with E-state index in [1.165, 1.54) is 4.90 Å². The lowest BCUT2D eigenvalue weighted by molar-refractivity contribution is -0.127. The fourth-order valence-corrected chi connectivity index (χ4v) is 1.30. The number of hydrogen-bond acceptors (Lipinski definition) is 2. The molecule has 1 N–H and O–H groups in total. The van der Waals surface area contributed by atoms with E-state index in [2.05, 4.69) is 5.32 Å². The molecule has 3 amide bonds. The van der Waals surface area contributed by atoms with E-state index in [1.54, 1.807) is 6.92 Å². The average molecular weight is 154 g/mol. The van der Waals surface area contributed by atoms with Crippen LogP contribution in [0.5, 0.6) is 0 Å². The van der Waals surface area contributed by atoms with Crippen LogP contribution >= 0.6 is 0 Å². The van der Waals surface area contributed by atoms with Crippen LogP contribution < -0.4 is 5.32 Å². The Balaban J connectivity index is 2.17. The van der Waals surface area contributed by atoms with Gasteiger partial charge in [0.2, 0.25) is 0 Å². The summed E-state index contributed by atoms with van der Waals surface area (Å²) < 4.78 is 0. The van der Waals surface area contributed by atoms with E-state index in [1.807, 2.05) is 0 Å². The molecule has 0 spiro atoms. The Morgan fingerprint density at radius 1 is 1.45 bits per heavy atom. The minimum absolute atomic E-state index is 0.0718. The second kappa shape index (κ2) is 1.96. The fraction of sp³-hybridized carbons (Fsp3) is 0.714. The molecule has 60 valence electrons. The largest absolute Gasteiger partial charge is 0.326 e. The van der Waals surface area contributed by atoms with Crippen molar-refractivity contribution in [3.8, 4) is 0 Å². The van der Waals surface area contributed by atoms with Gasteiger partial charge in [-0.2, -0.15) is 0 Å². The Labute approximate surface area is 64.5 Å². The number of carbonyl (C=O) groups is 2. The van der Waals surface area contributed by atoms with Gasteiger partial charge in [0.25, 0.3) is 5.91 Å². The van der Waals surface area contributed by atoms with Crippen molar-refractivity contribution in [1.82, 2.24) is 10.2 Å². The van der Waals surface area contributed by atoms with Gasteiger partial charge in [0.1, 0.15) is 6.04 Å². The predicted molar refractivity (Wildman–Crippen MR) is 37.9 cm³/mol. The summed E-state index contributed by atoms with van der Waals surface area (Å²) in [5.41, 5.74) is 0. The SMILES string of the molecule is C[C@H]1NC(=O)N(C2CC2)C1=O. The second-order valence-corrected chi connectivity index (χ2v) is 3.11. The van der Waals surface area contributed by atoms with Gasteiger partial charge in [0, 0.05) is 6.04 Å². The Bertz CT molecular complexity index is 222. The van der Waals surface area contributed by atoms with Crippen LogP contribution in [0.1, 0.15) is 19.8 Å². The number of nitrogens with one attached hydrogen (secondary N) is 1. The smallest absolute Gasteiger partial charge is 0.325 e. The Kier molecular flexibility index (Phi) is 1.19. The van der Waals surface area contributed by atoms with Gasteiger partial charge >= 0.3 is 6.03 Å². The minimum Gasteiger partial charge on any atom is -0.326 e. The van der Waals surface area contributed by atoms with E-state index in [4.69, 9.17) is 0 Å². The van der Waals surface area contributed by atoms with Gasteiger partial charge < -0.3 is 5.32 Å². The molecule has 2 rings (SSSR count). The quantitative estimate of drug-likeness (QED) is 0.544. The zero-order valence-corrected chi connectivity index (χ0v) is 6.33. The van der Waals surface area contributed by atoms with Gasteiger partial charge in [-0.05, 0) is 19.8 Å². The monoisotopic (exact) mass is 154 g/mol. The third kappa shape index (κ3) is 0.895. The van der Waals surface area contributed by atoms with Gasteiger partial charge in [-0.25, -0.2) is 4.79 Å². The van der Waals surface area contributed by atoms with Crippen molar-refractivity contribution in [2.24, 2.45) is 0 Å². The molecule has 1 saturated heterocycles. The van der Waals surface area contributed by atoms with Crippen molar-refractivity contribution in [2.75, 3.05) is 0 Å². The molecule has 0 aromatic carbocycles. The molecular weight excluding hydrogens is 144 g/mol. The number of carbonyl (C=O) groups excluding carboxylic acids is 2. The van der Waals surface area contributed by atoms with Gasteiger partial charge in [0.15, 0.2) is 0 Å². The van der Waals surface area contributed by atoms with E-state index in [-0.39, 0.29) is 24.0 Å². The molecule has 2 aliphatic rings. The number of hydrogen-bond donors (Lipinski definition) is 1. The summed E-state index contributed by atoms with van der Waals surface area (Å²) in [6.07, 6.45) is 1.96. The van der Waals surface area contributed by atoms with Gasteiger partial charge in [0.05, 0.1) is 0 Å². The van der Waals surface area contributed by atoms with Crippen LogP contribution in [0.15, 0.2) is 0 Å². The maximum absolute atomic E-state index is 11.2. The van der Waals surface area contributed by atoms with Crippen LogP contribution in [0.25, 0.3) is 0 Å². The van der Waals surface area contributed by atoms with Crippen LogP contribution in [-0.4, -0.2) is 28.9 Å². The third-order valence-electron chi connectivity index (χ3n) is 2.08. The molecule has 0 radical (unpaired) electrons. The number of imide groups is 1. The summed E-state index contributed by atoms with van der Waals surface area (Å²) in [6, 6.07) is -0.333. The van der Waals surface area contributed by atoms with Crippen molar-refractivity contribution in [3.63, 3.8) is 0 Å². The average Bonchev–Trinajstić information content (AvgIpc) is 2.68. The Morgan fingerprint density at radius 2 is 2.09 bits per heavy atom. The van der Waals surface area contributed by atoms with Crippen LogP contribution in [0, 0.1) is 0 Å². The standard InChI is InChI=1S/C7H10N2O2/c1-4-6(10)9(5-2-3-5)7(11)8-4/h4-5H,2-3H2,1H3,(H,8,11)/t4-/m1/s1. The lowest BCUT2D eigenvalue weighted by Gasteiger charge is -2.09. The van der Waals surface area contributed by atoms with E-state index in [0.717, 1.165) is 12.8 Å². The number of amides is 3. The lowest BCUT2D eigenvalue weighted by atomic mass is 10.3. The first-order valence-electron chi connectivity index (χ1n) is 3.83. The number of urea groups is 1. The summed E-state index contributed by atoms with van der Waals surface area (Å²) in [5.74, 6) is -0.0718. The lowest BCUT2D eigenvalue weighted by Crippen LogP contribution is -2.33. The van der Waals surface area contributed by atoms with E-state index in [0.29, 0.717) is 0 Å². The highest BCUT2D eigenvalue weighted by molar-refractivity contribution is 6.04.